The van der Waals surface area contributed by atoms with Gasteiger partial charge in [-0.1, -0.05) is 23.9 Å². The molecular formula is C23H17F2N3O2S. The summed E-state index contributed by atoms with van der Waals surface area (Å²) >= 11 is 1.06. The van der Waals surface area contributed by atoms with Crippen LogP contribution in [0.3, 0.4) is 0 Å². The highest BCUT2D eigenvalue weighted by molar-refractivity contribution is 8.00. The number of para-hydroxylation sites is 1. The summed E-state index contributed by atoms with van der Waals surface area (Å²) in [5, 5.41) is -0.00559. The van der Waals surface area contributed by atoms with Crippen molar-refractivity contribution in [3.8, 4) is 5.82 Å². The van der Waals surface area contributed by atoms with Crippen LogP contribution in [0.4, 0.5) is 8.78 Å². The van der Waals surface area contributed by atoms with E-state index in [0.29, 0.717) is 16.7 Å². The molecule has 156 valence electrons. The van der Waals surface area contributed by atoms with Gasteiger partial charge in [0.1, 0.15) is 5.82 Å². The molecule has 0 bridgehead atoms. The Labute approximate surface area is 180 Å². The van der Waals surface area contributed by atoms with Gasteiger partial charge in [-0.2, -0.15) is 0 Å². The molecule has 5 nitrogen and oxygen atoms in total. The van der Waals surface area contributed by atoms with Gasteiger partial charge in [-0.05, 0) is 61.9 Å². The van der Waals surface area contributed by atoms with Gasteiger partial charge in [0, 0.05) is 11.8 Å². The second-order valence-corrected chi connectivity index (χ2v) is 8.30. The van der Waals surface area contributed by atoms with Crippen molar-refractivity contribution in [2.75, 3.05) is 0 Å². The van der Waals surface area contributed by atoms with Crippen LogP contribution in [0.5, 0.6) is 0 Å². The van der Waals surface area contributed by atoms with Crippen molar-refractivity contribution in [2.45, 2.75) is 24.3 Å². The Morgan fingerprint density at radius 2 is 1.84 bits per heavy atom. The number of aryl methyl sites for hydroxylation is 1. The molecule has 31 heavy (non-hydrogen) atoms. The number of carbonyl (C=O) groups excluding carboxylic acids is 1. The first-order valence-corrected chi connectivity index (χ1v) is 10.3. The minimum absolute atomic E-state index is 0.0438. The number of thioether (sulfide) groups is 1. The number of aromatic nitrogens is 3. The fourth-order valence-corrected chi connectivity index (χ4v) is 4.12. The van der Waals surface area contributed by atoms with Crippen molar-refractivity contribution < 1.29 is 13.6 Å². The zero-order valence-electron chi connectivity index (χ0n) is 16.7. The van der Waals surface area contributed by atoms with Crippen LogP contribution in [0, 0.1) is 18.6 Å². The summed E-state index contributed by atoms with van der Waals surface area (Å²) in [4.78, 5) is 35.0. The van der Waals surface area contributed by atoms with Gasteiger partial charge < -0.3 is 0 Å². The fraction of sp³-hybridized carbons (Fsp3) is 0.130. The van der Waals surface area contributed by atoms with Crippen LogP contribution >= 0.6 is 11.8 Å². The number of carbonyl (C=O) groups is 1. The lowest BCUT2D eigenvalue weighted by atomic mass is 10.1. The number of pyridine rings is 1. The second kappa shape index (κ2) is 8.39. The summed E-state index contributed by atoms with van der Waals surface area (Å²) in [5.41, 5.74) is 1.14. The smallest absolute Gasteiger partial charge is 0.267 e. The Hall–Kier alpha value is -3.39. The standard InChI is InChI=1S/C23H17F2N3O2S/c1-13-9-10-26-20(11-13)28-22(30)16-5-3-4-6-19(16)27-23(28)31-14(2)21(29)15-7-8-17(24)18(25)12-15/h3-12,14H,1-2H3. The van der Waals surface area contributed by atoms with Crippen LogP contribution in [0.1, 0.15) is 22.8 Å². The molecule has 2 heterocycles. The molecule has 8 heteroatoms. The van der Waals surface area contributed by atoms with Gasteiger partial charge >= 0.3 is 0 Å². The van der Waals surface area contributed by atoms with E-state index in [1.807, 2.05) is 13.0 Å². The van der Waals surface area contributed by atoms with Crippen molar-refractivity contribution in [1.29, 1.82) is 0 Å². The number of nitrogens with zero attached hydrogens (tertiary/aromatic N) is 3. The monoisotopic (exact) mass is 437 g/mol. The lowest BCUT2D eigenvalue weighted by molar-refractivity contribution is 0.0993. The van der Waals surface area contributed by atoms with E-state index in [4.69, 9.17) is 0 Å². The van der Waals surface area contributed by atoms with Crippen LogP contribution in [0.15, 0.2) is 70.7 Å². The predicted octanol–water partition coefficient (Wildman–Crippen LogP) is 4.73. The largest absolute Gasteiger partial charge is 0.293 e. The van der Waals surface area contributed by atoms with E-state index in [0.717, 1.165) is 29.5 Å². The summed E-state index contributed by atoms with van der Waals surface area (Å²) in [5.74, 6) is -2.13. The van der Waals surface area contributed by atoms with Gasteiger partial charge in [0.25, 0.3) is 5.56 Å². The minimum Gasteiger partial charge on any atom is -0.293 e. The minimum atomic E-state index is -1.09. The first-order valence-electron chi connectivity index (χ1n) is 9.46. The van der Waals surface area contributed by atoms with Crippen LogP contribution in [0.2, 0.25) is 0 Å². The van der Waals surface area contributed by atoms with Crippen LogP contribution in [-0.4, -0.2) is 25.6 Å². The average Bonchev–Trinajstić information content (AvgIpc) is 2.75. The summed E-state index contributed by atoms with van der Waals surface area (Å²) in [6.07, 6.45) is 1.59. The number of ketones is 1. The number of benzene rings is 2. The van der Waals surface area contributed by atoms with E-state index in [-0.39, 0.29) is 16.3 Å². The number of fused-ring (bicyclic) bond motifs is 1. The zero-order chi connectivity index (χ0) is 22.1. The van der Waals surface area contributed by atoms with Crippen molar-refractivity contribution in [3.05, 3.63) is 93.9 Å². The molecule has 0 saturated carbocycles. The number of halogens is 2. The molecule has 0 N–H and O–H groups in total. The van der Waals surface area contributed by atoms with Crippen LogP contribution in [-0.2, 0) is 0 Å². The molecule has 0 saturated heterocycles. The normalized spacial score (nSPS) is 12.1. The molecule has 0 aliphatic carbocycles. The van der Waals surface area contributed by atoms with Crippen molar-refractivity contribution in [1.82, 2.24) is 14.5 Å². The molecule has 0 spiro atoms. The van der Waals surface area contributed by atoms with Crippen molar-refractivity contribution in [3.63, 3.8) is 0 Å². The molecule has 2 aromatic heterocycles. The lowest BCUT2D eigenvalue weighted by Crippen LogP contribution is -2.24. The summed E-state index contributed by atoms with van der Waals surface area (Å²) < 4.78 is 28.2. The molecule has 0 amide bonds. The van der Waals surface area contributed by atoms with E-state index < -0.39 is 22.7 Å². The zero-order valence-corrected chi connectivity index (χ0v) is 17.5. The Balaban J connectivity index is 1.80. The van der Waals surface area contributed by atoms with Gasteiger partial charge in [0.15, 0.2) is 22.6 Å². The predicted molar refractivity (Wildman–Crippen MR) is 116 cm³/mol. The SMILES string of the molecule is Cc1ccnc(-n2c(SC(C)C(=O)c3ccc(F)c(F)c3)nc3ccccc3c2=O)c1. The van der Waals surface area contributed by atoms with Crippen molar-refractivity contribution in [2.24, 2.45) is 0 Å². The summed E-state index contributed by atoms with van der Waals surface area (Å²) in [6, 6.07) is 13.5. The highest BCUT2D eigenvalue weighted by atomic mass is 32.2. The van der Waals surface area contributed by atoms with E-state index in [9.17, 15) is 18.4 Å². The molecule has 0 aliphatic rings. The van der Waals surface area contributed by atoms with E-state index in [2.05, 4.69) is 9.97 Å². The van der Waals surface area contributed by atoms with Gasteiger partial charge in [-0.15, -0.1) is 0 Å². The first-order chi connectivity index (χ1) is 14.8. The third-order valence-corrected chi connectivity index (χ3v) is 5.78. The van der Waals surface area contributed by atoms with E-state index >= 15 is 0 Å². The molecular weight excluding hydrogens is 420 g/mol. The average molecular weight is 437 g/mol. The van der Waals surface area contributed by atoms with Gasteiger partial charge in [0.05, 0.1) is 16.2 Å². The Bertz CT molecular complexity index is 1370. The van der Waals surface area contributed by atoms with E-state index in [1.165, 1.54) is 10.6 Å². The topological polar surface area (TPSA) is 64.8 Å². The number of rotatable bonds is 5. The molecule has 1 unspecified atom stereocenters. The van der Waals surface area contributed by atoms with Crippen molar-refractivity contribution >= 4 is 28.4 Å². The number of hydrogen-bond acceptors (Lipinski definition) is 5. The lowest BCUT2D eigenvalue weighted by Gasteiger charge is -2.16. The van der Waals surface area contributed by atoms with Crippen LogP contribution < -0.4 is 5.56 Å². The molecule has 0 aliphatic heterocycles. The third-order valence-electron chi connectivity index (χ3n) is 4.73. The molecule has 0 fully saturated rings. The van der Waals surface area contributed by atoms with Crippen LogP contribution in [0.25, 0.3) is 16.7 Å². The van der Waals surface area contributed by atoms with Gasteiger partial charge in [0.2, 0.25) is 0 Å². The highest BCUT2D eigenvalue weighted by Gasteiger charge is 2.22. The maximum Gasteiger partial charge on any atom is 0.267 e. The first kappa shape index (κ1) is 20.9. The Kier molecular flexibility index (Phi) is 5.65. The number of hydrogen-bond donors (Lipinski definition) is 0. The van der Waals surface area contributed by atoms with E-state index in [1.54, 1.807) is 43.5 Å². The molecule has 2 aromatic carbocycles. The summed E-state index contributed by atoms with van der Waals surface area (Å²) in [6.45, 7) is 3.51. The number of Topliss-reactive ketones (excluding diaryl/α,β-unsaturated/α-hetero) is 1. The molecule has 4 aromatic rings. The Morgan fingerprint density at radius 3 is 2.58 bits per heavy atom. The maximum absolute atomic E-state index is 13.6. The van der Waals surface area contributed by atoms with Gasteiger partial charge in [-0.25, -0.2) is 23.3 Å². The Morgan fingerprint density at radius 1 is 1.06 bits per heavy atom. The quantitative estimate of drug-likeness (QED) is 0.257. The maximum atomic E-state index is 13.6. The third kappa shape index (κ3) is 4.11. The molecule has 4 rings (SSSR count). The second-order valence-electron chi connectivity index (χ2n) is 7.00. The fourth-order valence-electron chi connectivity index (χ4n) is 3.13. The summed E-state index contributed by atoms with van der Waals surface area (Å²) in [7, 11) is 0. The molecule has 1 atom stereocenters. The van der Waals surface area contributed by atoms with Gasteiger partial charge in [-0.3, -0.25) is 9.59 Å². The molecule has 0 radical (unpaired) electrons. The highest BCUT2D eigenvalue weighted by Crippen LogP contribution is 2.27.